The summed E-state index contributed by atoms with van der Waals surface area (Å²) < 4.78 is 10.7. The van der Waals surface area contributed by atoms with Gasteiger partial charge in [-0.05, 0) is 30.2 Å². The molecule has 0 spiro atoms. The smallest absolute Gasteiger partial charge is 0.246 e. The maximum Gasteiger partial charge on any atom is 0.246 e. The third-order valence-electron chi connectivity index (χ3n) is 5.83. The van der Waals surface area contributed by atoms with Crippen molar-refractivity contribution in [2.45, 2.75) is 18.5 Å². The molecular weight excluding hydrogens is 499 g/mol. The number of fused-ring (bicyclic) bond motifs is 1. The number of hydrogen-bond donors (Lipinski definition) is 1. The molecule has 34 heavy (non-hydrogen) atoms. The molecule has 2 heterocycles. The van der Waals surface area contributed by atoms with Crippen molar-refractivity contribution < 1.29 is 14.3 Å². The van der Waals surface area contributed by atoms with E-state index >= 15 is 0 Å². The predicted molar refractivity (Wildman–Crippen MR) is 137 cm³/mol. The van der Waals surface area contributed by atoms with E-state index in [2.05, 4.69) is 21.9 Å². The summed E-state index contributed by atoms with van der Waals surface area (Å²) in [6, 6.07) is 7.26. The molecule has 0 bridgehead atoms. The minimum Gasteiger partial charge on any atom is -0.495 e. The number of nitrogens with one attached hydrogen (secondary N) is 1. The number of anilines is 1. The van der Waals surface area contributed by atoms with Crippen molar-refractivity contribution in [1.82, 2.24) is 14.9 Å². The van der Waals surface area contributed by atoms with Crippen LogP contribution >= 0.6 is 34.8 Å². The van der Waals surface area contributed by atoms with E-state index < -0.39 is 0 Å². The van der Waals surface area contributed by atoms with Crippen molar-refractivity contribution >= 4 is 57.6 Å². The lowest BCUT2D eigenvalue weighted by atomic mass is 10.0. The lowest BCUT2D eigenvalue weighted by Crippen LogP contribution is -2.36. The van der Waals surface area contributed by atoms with Gasteiger partial charge in [-0.1, -0.05) is 35.8 Å². The van der Waals surface area contributed by atoms with E-state index in [9.17, 15) is 4.79 Å². The Labute approximate surface area is 212 Å². The topological polar surface area (TPSA) is 76.6 Å². The van der Waals surface area contributed by atoms with Gasteiger partial charge in [0.2, 0.25) is 11.9 Å². The second-order valence-electron chi connectivity index (χ2n) is 7.83. The molecule has 178 valence electrons. The minimum atomic E-state index is -0.131. The van der Waals surface area contributed by atoms with Gasteiger partial charge in [0.05, 0.1) is 29.8 Å². The van der Waals surface area contributed by atoms with E-state index in [0.29, 0.717) is 51.9 Å². The van der Waals surface area contributed by atoms with Gasteiger partial charge in [0.15, 0.2) is 0 Å². The van der Waals surface area contributed by atoms with E-state index in [1.165, 1.54) is 20.3 Å². The first kappa shape index (κ1) is 24.4. The third kappa shape index (κ3) is 4.60. The Bertz CT molecular complexity index is 1230. The van der Waals surface area contributed by atoms with Crippen LogP contribution in [0.3, 0.4) is 0 Å². The summed E-state index contributed by atoms with van der Waals surface area (Å²) in [5.74, 6) is 1.63. The van der Waals surface area contributed by atoms with Crippen LogP contribution in [-0.2, 0) is 4.79 Å². The Balaban J connectivity index is 1.62. The van der Waals surface area contributed by atoms with Crippen LogP contribution in [0.25, 0.3) is 22.0 Å². The van der Waals surface area contributed by atoms with Gasteiger partial charge in [0.25, 0.3) is 0 Å². The van der Waals surface area contributed by atoms with Crippen LogP contribution in [0.2, 0.25) is 10.0 Å². The highest BCUT2D eigenvalue weighted by Gasteiger charge is 2.34. The van der Waals surface area contributed by atoms with Gasteiger partial charge < -0.3 is 19.7 Å². The van der Waals surface area contributed by atoms with E-state index in [-0.39, 0.29) is 18.0 Å². The molecule has 1 amide bonds. The maximum absolute atomic E-state index is 12.1. The van der Waals surface area contributed by atoms with Crippen LogP contribution in [0.4, 0.5) is 5.95 Å². The Hall–Kier alpha value is -2.74. The van der Waals surface area contributed by atoms with E-state index in [4.69, 9.17) is 44.3 Å². The number of ether oxygens (including phenoxy) is 2. The third-order valence-corrected chi connectivity index (χ3v) is 6.93. The summed E-state index contributed by atoms with van der Waals surface area (Å²) >= 11 is 19.2. The number of carbonyl (C=O) groups excluding carboxylic acids is 1. The van der Waals surface area contributed by atoms with Gasteiger partial charge in [-0.25, -0.2) is 9.97 Å². The molecule has 7 nitrogen and oxygen atoms in total. The zero-order chi connectivity index (χ0) is 24.4. The minimum absolute atomic E-state index is 0.00812. The highest BCUT2D eigenvalue weighted by atomic mass is 35.5. The molecule has 3 aromatic rings. The Morgan fingerprint density at radius 3 is 2.56 bits per heavy atom. The lowest BCUT2D eigenvalue weighted by Gasteiger charge is -2.20. The fourth-order valence-electron chi connectivity index (χ4n) is 4.13. The Kier molecular flexibility index (Phi) is 7.36. The summed E-state index contributed by atoms with van der Waals surface area (Å²) in [6.45, 7) is 4.08. The summed E-state index contributed by atoms with van der Waals surface area (Å²) in [5, 5.41) is 4.91. The van der Waals surface area contributed by atoms with E-state index in [1.807, 2.05) is 18.2 Å². The van der Waals surface area contributed by atoms with E-state index in [1.54, 1.807) is 17.2 Å². The van der Waals surface area contributed by atoms with Crippen LogP contribution in [0, 0.1) is 0 Å². The second-order valence-corrected chi connectivity index (χ2v) is 8.90. The maximum atomic E-state index is 12.1. The van der Waals surface area contributed by atoms with Gasteiger partial charge in [-0.15, -0.1) is 11.6 Å². The van der Waals surface area contributed by atoms with Crippen LogP contribution in [0.1, 0.15) is 6.42 Å². The summed E-state index contributed by atoms with van der Waals surface area (Å²) in [5.41, 5.74) is 2.13. The number of methoxy groups -OCH3 is 2. The standard InChI is InChI=1S/C24H23Cl3N4O3/c1-4-20(32)31-12-15(8-16(31)10-25)29-24-28-11-14-7-13(5-6-17(14)30-24)21-22(26)18(33-2)9-19(34-3)23(21)27/h4-7,9,11,15-16H,1,8,10,12H2,2-3H3,(H,28,29,30)/t15-,16-/m0/s1. The van der Waals surface area contributed by atoms with Crippen LogP contribution in [0.5, 0.6) is 11.5 Å². The molecule has 0 unspecified atom stereocenters. The van der Waals surface area contributed by atoms with Crippen LogP contribution < -0.4 is 14.8 Å². The number of likely N-dealkylation sites (tertiary alicyclic amines) is 1. The zero-order valence-electron chi connectivity index (χ0n) is 18.6. The quantitative estimate of drug-likeness (QED) is 0.330. The largest absolute Gasteiger partial charge is 0.495 e. The predicted octanol–water partition coefficient (Wildman–Crippen LogP) is 5.43. The lowest BCUT2D eigenvalue weighted by molar-refractivity contribution is -0.126. The van der Waals surface area contributed by atoms with Crippen molar-refractivity contribution in [1.29, 1.82) is 0 Å². The Morgan fingerprint density at radius 2 is 1.94 bits per heavy atom. The monoisotopic (exact) mass is 520 g/mol. The molecule has 0 saturated carbocycles. The number of nitrogens with zero attached hydrogens (tertiary/aromatic N) is 3. The van der Waals surface area contributed by atoms with Gasteiger partial charge in [0, 0.05) is 47.7 Å². The molecule has 1 aromatic heterocycles. The number of alkyl halides is 1. The summed E-state index contributed by atoms with van der Waals surface area (Å²) in [4.78, 5) is 22.9. The van der Waals surface area contributed by atoms with E-state index in [0.717, 1.165) is 16.5 Å². The SMILES string of the molecule is C=CC(=O)N1C[C@@H](Nc2ncc3cc(-c4c(Cl)c(OC)cc(OC)c4Cl)ccc3n2)C[C@H]1CCl. The molecule has 2 aromatic carbocycles. The number of benzene rings is 2. The van der Waals surface area contributed by atoms with Gasteiger partial charge in [0.1, 0.15) is 11.5 Å². The molecule has 4 rings (SSSR count). The molecule has 1 aliphatic heterocycles. The van der Waals surface area contributed by atoms with Crippen molar-refractivity contribution in [3.05, 3.63) is 53.2 Å². The summed E-state index contributed by atoms with van der Waals surface area (Å²) in [6.07, 6.45) is 3.74. The zero-order valence-corrected chi connectivity index (χ0v) is 20.9. The van der Waals surface area contributed by atoms with Crippen molar-refractivity contribution in [2.24, 2.45) is 0 Å². The normalized spacial score (nSPS) is 17.6. The van der Waals surface area contributed by atoms with Crippen molar-refractivity contribution in [3.8, 4) is 22.6 Å². The fourth-order valence-corrected chi connectivity index (χ4v) is 5.15. The number of halogens is 3. The second kappa shape index (κ2) is 10.3. The molecule has 10 heteroatoms. The average molecular weight is 522 g/mol. The highest BCUT2D eigenvalue weighted by Crippen LogP contribution is 2.46. The summed E-state index contributed by atoms with van der Waals surface area (Å²) in [7, 11) is 3.07. The number of rotatable bonds is 7. The van der Waals surface area contributed by atoms with Crippen molar-refractivity contribution in [3.63, 3.8) is 0 Å². The highest BCUT2D eigenvalue weighted by molar-refractivity contribution is 6.41. The molecular formula is C24H23Cl3N4O3. The van der Waals surface area contributed by atoms with Crippen molar-refractivity contribution in [2.75, 3.05) is 32.0 Å². The average Bonchev–Trinajstić information content (AvgIpc) is 3.26. The first-order valence-corrected chi connectivity index (χ1v) is 11.8. The molecule has 2 atom stereocenters. The first-order valence-electron chi connectivity index (χ1n) is 10.5. The number of hydrogen-bond acceptors (Lipinski definition) is 6. The van der Waals surface area contributed by atoms with Gasteiger partial charge in [-0.3, -0.25) is 4.79 Å². The number of aromatic nitrogens is 2. The fraction of sp³-hybridized carbons (Fsp3) is 0.292. The van der Waals surface area contributed by atoms with Gasteiger partial charge in [-0.2, -0.15) is 0 Å². The first-order chi connectivity index (χ1) is 16.4. The molecule has 1 N–H and O–H groups in total. The molecule has 1 aliphatic rings. The van der Waals surface area contributed by atoms with Crippen LogP contribution in [-0.4, -0.2) is 59.5 Å². The molecule has 1 fully saturated rings. The Morgan fingerprint density at radius 1 is 1.24 bits per heavy atom. The van der Waals surface area contributed by atoms with Crippen LogP contribution in [0.15, 0.2) is 43.1 Å². The molecule has 1 saturated heterocycles. The number of amides is 1. The van der Waals surface area contributed by atoms with Gasteiger partial charge >= 0.3 is 0 Å². The number of carbonyl (C=O) groups is 1. The molecule has 0 aliphatic carbocycles. The molecule has 0 radical (unpaired) electrons.